The van der Waals surface area contributed by atoms with Gasteiger partial charge in [0.05, 0.1) is 25.4 Å². The van der Waals surface area contributed by atoms with Gasteiger partial charge in [-0.3, -0.25) is 4.57 Å². The molecular weight excluding hydrogens is 314 g/mol. The van der Waals surface area contributed by atoms with Crippen LogP contribution in [0.2, 0.25) is 0 Å². The minimum Gasteiger partial charge on any atom is -0.497 e. The van der Waals surface area contributed by atoms with Gasteiger partial charge in [-0.25, -0.2) is 4.98 Å². The van der Waals surface area contributed by atoms with Gasteiger partial charge in [-0.2, -0.15) is 0 Å². The number of methoxy groups -OCH3 is 2. The second-order valence-corrected chi connectivity index (χ2v) is 6.37. The summed E-state index contributed by atoms with van der Waals surface area (Å²) < 4.78 is 12.9. The molecule has 0 N–H and O–H groups in total. The minimum atomic E-state index is 0.847. The van der Waals surface area contributed by atoms with Crippen molar-refractivity contribution in [1.29, 1.82) is 0 Å². The van der Waals surface area contributed by atoms with Crippen LogP contribution in [0.15, 0.2) is 42.7 Å². The molecule has 0 spiro atoms. The highest BCUT2D eigenvalue weighted by Gasteiger charge is 2.18. The molecule has 0 aliphatic carbocycles. The summed E-state index contributed by atoms with van der Waals surface area (Å²) >= 11 is 0. The van der Waals surface area contributed by atoms with Gasteiger partial charge in [0.15, 0.2) is 0 Å². The number of aromatic nitrogens is 2. The molecule has 0 bridgehead atoms. The minimum absolute atomic E-state index is 0.847. The van der Waals surface area contributed by atoms with Crippen molar-refractivity contribution < 1.29 is 9.47 Å². The van der Waals surface area contributed by atoms with E-state index in [0.29, 0.717) is 0 Å². The van der Waals surface area contributed by atoms with Gasteiger partial charge in [-0.1, -0.05) is 0 Å². The van der Waals surface area contributed by atoms with E-state index < -0.39 is 0 Å². The monoisotopic (exact) mass is 337 g/mol. The lowest BCUT2D eigenvalue weighted by molar-refractivity contribution is 0.414. The Morgan fingerprint density at radius 1 is 0.880 bits per heavy atom. The quantitative estimate of drug-likeness (QED) is 0.720. The van der Waals surface area contributed by atoms with Crippen LogP contribution in [0.3, 0.4) is 0 Å². The van der Waals surface area contributed by atoms with Crippen LogP contribution in [0.25, 0.3) is 16.7 Å². The fraction of sp³-hybridized carbons (Fsp3) is 0.350. The summed E-state index contributed by atoms with van der Waals surface area (Å²) in [5.41, 5.74) is 4.31. The lowest BCUT2D eigenvalue weighted by Crippen LogP contribution is -2.29. The van der Waals surface area contributed by atoms with E-state index in [2.05, 4.69) is 21.6 Å². The predicted molar refractivity (Wildman–Crippen MR) is 100 cm³/mol. The van der Waals surface area contributed by atoms with E-state index in [1.165, 1.54) is 24.9 Å². The van der Waals surface area contributed by atoms with Gasteiger partial charge in [0.1, 0.15) is 23.3 Å². The highest BCUT2D eigenvalue weighted by Crippen LogP contribution is 2.34. The fourth-order valence-electron chi connectivity index (χ4n) is 3.51. The summed E-state index contributed by atoms with van der Waals surface area (Å²) in [7, 11) is 3.40. The first kappa shape index (κ1) is 15.8. The number of nitrogens with zero attached hydrogens (tertiary/aromatic N) is 3. The summed E-state index contributed by atoms with van der Waals surface area (Å²) in [5, 5.41) is 0. The SMILES string of the molecule is COc1ccc(-n2cnc3c(N4CCCCC4)cc(OC)cc32)cc1. The van der Waals surface area contributed by atoms with Gasteiger partial charge in [0, 0.05) is 30.9 Å². The Bertz CT molecular complexity index is 865. The normalized spacial score (nSPS) is 14.7. The molecule has 0 unspecified atom stereocenters. The molecule has 5 nitrogen and oxygen atoms in total. The highest BCUT2D eigenvalue weighted by molar-refractivity contribution is 5.91. The van der Waals surface area contributed by atoms with Crippen molar-refractivity contribution in [3.8, 4) is 17.2 Å². The van der Waals surface area contributed by atoms with Gasteiger partial charge < -0.3 is 14.4 Å². The zero-order valence-electron chi connectivity index (χ0n) is 14.7. The van der Waals surface area contributed by atoms with Crippen LogP contribution in [-0.4, -0.2) is 36.9 Å². The van der Waals surface area contributed by atoms with Crippen LogP contribution < -0.4 is 14.4 Å². The Kier molecular flexibility index (Phi) is 4.22. The molecule has 1 saturated heterocycles. The second-order valence-electron chi connectivity index (χ2n) is 6.37. The Balaban J connectivity index is 1.83. The maximum absolute atomic E-state index is 5.56. The zero-order chi connectivity index (χ0) is 17.2. The summed E-state index contributed by atoms with van der Waals surface area (Å²) in [6.07, 6.45) is 5.67. The average molecular weight is 337 g/mol. The third-order valence-electron chi connectivity index (χ3n) is 4.89. The van der Waals surface area contributed by atoms with E-state index in [9.17, 15) is 0 Å². The number of fused-ring (bicyclic) bond motifs is 1. The molecule has 1 fully saturated rings. The first-order chi connectivity index (χ1) is 12.3. The van der Waals surface area contributed by atoms with E-state index in [-0.39, 0.29) is 0 Å². The third kappa shape index (κ3) is 2.90. The van der Waals surface area contributed by atoms with E-state index in [4.69, 9.17) is 14.5 Å². The number of rotatable bonds is 4. The van der Waals surface area contributed by atoms with Crippen LogP contribution in [0.4, 0.5) is 5.69 Å². The molecule has 2 heterocycles. The van der Waals surface area contributed by atoms with Crippen LogP contribution in [0.1, 0.15) is 19.3 Å². The van der Waals surface area contributed by atoms with Crippen LogP contribution in [0, 0.1) is 0 Å². The molecule has 2 aromatic carbocycles. The number of hydrogen-bond donors (Lipinski definition) is 0. The maximum Gasteiger partial charge on any atom is 0.123 e. The van der Waals surface area contributed by atoms with Gasteiger partial charge in [0.2, 0.25) is 0 Å². The fourth-order valence-corrected chi connectivity index (χ4v) is 3.51. The Labute approximate surface area is 147 Å². The molecule has 25 heavy (non-hydrogen) atoms. The van der Waals surface area contributed by atoms with Gasteiger partial charge in [0.25, 0.3) is 0 Å². The maximum atomic E-state index is 5.56. The van der Waals surface area contributed by atoms with Gasteiger partial charge in [-0.15, -0.1) is 0 Å². The largest absolute Gasteiger partial charge is 0.497 e. The molecule has 0 amide bonds. The number of benzene rings is 2. The van der Waals surface area contributed by atoms with Crippen molar-refractivity contribution in [2.24, 2.45) is 0 Å². The topological polar surface area (TPSA) is 39.5 Å². The van der Waals surface area contributed by atoms with Crippen LogP contribution in [-0.2, 0) is 0 Å². The molecule has 4 rings (SSSR count). The highest BCUT2D eigenvalue weighted by atomic mass is 16.5. The molecule has 5 heteroatoms. The zero-order valence-corrected chi connectivity index (χ0v) is 14.7. The first-order valence-corrected chi connectivity index (χ1v) is 8.74. The molecule has 1 aromatic heterocycles. The summed E-state index contributed by atoms with van der Waals surface area (Å²) in [6, 6.07) is 12.2. The molecule has 130 valence electrons. The van der Waals surface area contributed by atoms with E-state index in [0.717, 1.165) is 41.3 Å². The molecule has 3 aromatic rings. The lowest BCUT2D eigenvalue weighted by atomic mass is 10.1. The van der Waals surface area contributed by atoms with E-state index >= 15 is 0 Å². The van der Waals surface area contributed by atoms with Gasteiger partial charge >= 0.3 is 0 Å². The van der Waals surface area contributed by atoms with Crippen molar-refractivity contribution in [2.45, 2.75) is 19.3 Å². The van der Waals surface area contributed by atoms with Crippen molar-refractivity contribution in [1.82, 2.24) is 9.55 Å². The number of imidazole rings is 1. The smallest absolute Gasteiger partial charge is 0.123 e. The molecule has 0 saturated carbocycles. The van der Waals surface area contributed by atoms with Crippen molar-refractivity contribution >= 4 is 16.7 Å². The van der Waals surface area contributed by atoms with Gasteiger partial charge in [-0.05, 0) is 43.5 Å². The Morgan fingerprint density at radius 2 is 1.60 bits per heavy atom. The average Bonchev–Trinajstić information content (AvgIpc) is 3.12. The van der Waals surface area contributed by atoms with Crippen molar-refractivity contribution in [3.05, 3.63) is 42.7 Å². The molecule has 0 radical (unpaired) electrons. The third-order valence-corrected chi connectivity index (χ3v) is 4.89. The van der Waals surface area contributed by atoms with Crippen LogP contribution in [0.5, 0.6) is 11.5 Å². The summed E-state index contributed by atoms with van der Waals surface area (Å²) in [4.78, 5) is 7.15. The molecule has 1 aliphatic rings. The van der Waals surface area contributed by atoms with E-state index in [1.54, 1.807) is 14.2 Å². The molecule has 1 aliphatic heterocycles. The Hall–Kier alpha value is -2.69. The van der Waals surface area contributed by atoms with E-state index in [1.807, 2.05) is 30.6 Å². The Morgan fingerprint density at radius 3 is 2.28 bits per heavy atom. The molecular formula is C20H23N3O2. The summed E-state index contributed by atoms with van der Waals surface area (Å²) in [5.74, 6) is 1.71. The molecule has 0 atom stereocenters. The predicted octanol–water partition coefficient (Wildman–Crippen LogP) is 4.03. The number of ether oxygens (including phenoxy) is 2. The lowest BCUT2D eigenvalue weighted by Gasteiger charge is -2.29. The number of hydrogen-bond acceptors (Lipinski definition) is 4. The van der Waals surface area contributed by atoms with Crippen molar-refractivity contribution in [3.63, 3.8) is 0 Å². The number of anilines is 1. The van der Waals surface area contributed by atoms with Crippen LogP contribution >= 0.6 is 0 Å². The standard InChI is InChI=1S/C20H23N3O2/c1-24-16-8-6-15(7-9-16)23-14-21-20-18(22-10-4-3-5-11-22)12-17(25-2)13-19(20)23/h6-9,12-14H,3-5,10-11H2,1-2H3. The second kappa shape index (κ2) is 6.67. The number of piperidine rings is 1. The first-order valence-electron chi connectivity index (χ1n) is 8.74. The summed E-state index contributed by atoms with van der Waals surface area (Å²) in [6.45, 7) is 2.16. The van der Waals surface area contributed by atoms with Crippen molar-refractivity contribution in [2.75, 3.05) is 32.2 Å².